The summed E-state index contributed by atoms with van der Waals surface area (Å²) in [6, 6.07) is -1.09. The number of ether oxygens (including phenoxy) is 5. The molecule has 0 saturated carbocycles. The molecule has 5 atom stereocenters. The average Bonchev–Trinajstić information content (AvgIpc) is 3.19. The highest BCUT2D eigenvalue weighted by atomic mass is 16.7. The minimum absolute atomic E-state index is 0.236. The quantitative estimate of drug-likeness (QED) is 0.407. The normalized spacial score (nSPS) is 24.5. The third kappa shape index (κ3) is 5.91. The lowest BCUT2D eigenvalue weighted by atomic mass is 9.96. The number of aromatic nitrogens is 4. The third-order valence-electron chi connectivity index (χ3n) is 4.51. The Morgan fingerprint density at radius 1 is 0.939 bits per heavy atom. The van der Waals surface area contributed by atoms with Crippen molar-refractivity contribution in [3.8, 4) is 0 Å². The first kappa shape index (κ1) is 23.8. The van der Waals surface area contributed by atoms with Gasteiger partial charge in [-0.2, -0.15) is 0 Å². The molecule has 0 radical (unpaired) electrons. The molecule has 1 fully saturated rings. The third-order valence-corrected chi connectivity index (χ3v) is 4.51. The smallest absolute Gasteiger partial charge is 0.305 e. The van der Waals surface area contributed by atoms with Crippen molar-refractivity contribution >= 4 is 40.9 Å². The van der Waals surface area contributed by atoms with Gasteiger partial charge in [-0.3, -0.25) is 19.2 Å². The fourth-order valence-electron chi connectivity index (χ4n) is 3.35. The van der Waals surface area contributed by atoms with Crippen LogP contribution in [0.5, 0.6) is 0 Å². The zero-order valence-corrected chi connectivity index (χ0v) is 18.3. The molecule has 0 bridgehead atoms. The number of imidazole rings is 1. The summed E-state index contributed by atoms with van der Waals surface area (Å²) in [5, 5.41) is 3.01. The van der Waals surface area contributed by atoms with Crippen LogP contribution in [0.3, 0.4) is 0 Å². The maximum atomic E-state index is 11.9. The van der Waals surface area contributed by atoms with Crippen LogP contribution in [-0.2, 0) is 42.9 Å². The number of nitrogens with one attached hydrogen (secondary N) is 2. The van der Waals surface area contributed by atoms with Crippen molar-refractivity contribution in [2.45, 2.75) is 58.3 Å². The minimum Gasteiger partial charge on any atom is -0.463 e. The second-order valence-electron chi connectivity index (χ2n) is 7.10. The van der Waals surface area contributed by atoms with Crippen LogP contribution < -0.4 is 5.32 Å². The number of aromatic amines is 1. The predicted molar refractivity (Wildman–Crippen MR) is 107 cm³/mol. The Morgan fingerprint density at radius 3 is 2.24 bits per heavy atom. The molecule has 0 aliphatic carbocycles. The van der Waals surface area contributed by atoms with Gasteiger partial charge in [-0.15, -0.1) is 0 Å². The number of anilines is 1. The lowest BCUT2D eigenvalue weighted by Crippen LogP contribution is -2.64. The van der Waals surface area contributed by atoms with Gasteiger partial charge in [0.2, 0.25) is 6.29 Å². The van der Waals surface area contributed by atoms with E-state index in [0.29, 0.717) is 11.2 Å². The van der Waals surface area contributed by atoms with Gasteiger partial charge in [-0.1, -0.05) is 0 Å². The maximum Gasteiger partial charge on any atom is 0.305 e. The topological polar surface area (TPSA) is 181 Å². The van der Waals surface area contributed by atoms with Crippen LogP contribution in [0.1, 0.15) is 27.7 Å². The lowest BCUT2D eigenvalue weighted by molar-refractivity contribution is -0.264. The van der Waals surface area contributed by atoms with Crippen LogP contribution in [-0.4, -0.2) is 81.1 Å². The number of carbonyl (C=O) groups excluding carboxylic acids is 4. The molecule has 2 N–H and O–H groups in total. The van der Waals surface area contributed by atoms with Crippen molar-refractivity contribution in [2.75, 3.05) is 11.9 Å². The van der Waals surface area contributed by atoms with E-state index in [9.17, 15) is 19.2 Å². The average molecular weight is 465 g/mol. The molecule has 0 amide bonds. The second-order valence-corrected chi connectivity index (χ2v) is 7.10. The van der Waals surface area contributed by atoms with E-state index in [-0.39, 0.29) is 12.4 Å². The van der Waals surface area contributed by atoms with Crippen LogP contribution in [0, 0.1) is 0 Å². The minimum atomic E-state index is -1.34. The molecular weight excluding hydrogens is 442 g/mol. The summed E-state index contributed by atoms with van der Waals surface area (Å²) in [7, 11) is 0. The molecule has 3 rings (SSSR count). The molecule has 1 aliphatic heterocycles. The number of rotatable bonds is 7. The molecule has 2 aromatic heterocycles. The summed E-state index contributed by atoms with van der Waals surface area (Å²) in [5.41, 5.74) is 0.772. The molecule has 14 nitrogen and oxygen atoms in total. The molecule has 1 aliphatic rings. The Bertz CT molecular complexity index is 1040. The van der Waals surface area contributed by atoms with Gasteiger partial charge in [-0.25, -0.2) is 15.0 Å². The van der Waals surface area contributed by atoms with Crippen LogP contribution in [0.15, 0.2) is 12.7 Å². The van der Waals surface area contributed by atoms with Gasteiger partial charge in [0.1, 0.15) is 30.6 Å². The summed E-state index contributed by atoms with van der Waals surface area (Å²) >= 11 is 0. The number of hydrogen-bond donors (Lipinski definition) is 2. The second kappa shape index (κ2) is 10.2. The van der Waals surface area contributed by atoms with Gasteiger partial charge < -0.3 is 34.0 Å². The molecule has 33 heavy (non-hydrogen) atoms. The zero-order valence-electron chi connectivity index (χ0n) is 18.3. The van der Waals surface area contributed by atoms with Crippen LogP contribution in [0.4, 0.5) is 5.82 Å². The van der Waals surface area contributed by atoms with Gasteiger partial charge in [-0.05, 0) is 0 Å². The van der Waals surface area contributed by atoms with Gasteiger partial charge in [0.15, 0.2) is 23.7 Å². The number of H-pyrrole nitrogens is 1. The molecular formula is C19H23N5O9. The molecule has 0 unspecified atom stereocenters. The van der Waals surface area contributed by atoms with Gasteiger partial charge >= 0.3 is 23.9 Å². The van der Waals surface area contributed by atoms with E-state index in [1.165, 1.54) is 19.6 Å². The Balaban J connectivity index is 2.03. The van der Waals surface area contributed by atoms with E-state index in [4.69, 9.17) is 23.7 Å². The highest BCUT2D eigenvalue weighted by Crippen LogP contribution is 2.30. The fraction of sp³-hybridized carbons (Fsp3) is 0.526. The standard InChI is InChI=1S/C19H23N5O9/c1-8(25)29-5-12-15(30-9(2)26)16(31-10(3)27)13(19(33-12)32-11(4)28)24-18-14-17(21-6-20-14)22-7-23-18/h6-7,12-13,15-16,19H,5H2,1-4H3,(H2,20,21,22,23,24)/t12-,13+,15-,16-,19-/m1/s1. The van der Waals surface area contributed by atoms with Crippen molar-refractivity contribution in [2.24, 2.45) is 0 Å². The van der Waals surface area contributed by atoms with Gasteiger partial charge in [0, 0.05) is 27.7 Å². The van der Waals surface area contributed by atoms with Crippen molar-refractivity contribution in [3.05, 3.63) is 12.7 Å². The van der Waals surface area contributed by atoms with Crippen LogP contribution >= 0.6 is 0 Å². The Labute approximate surface area is 187 Å². The van der Waals surface area contributed by atoms with Gasteiger partial charge in [0.05, 0.1) is 6.33 Å². The van der Waals surface area contributed by atoms with E-state index >= 15 is 0 Å². The lowest BCUT2D eigenvalue weighted by Gasteiger charge is -2.44. The van der Waals surface area contributed by atoms with E-state index in [0.717, 1.165) is 20.8 Å². The number of fused-ring (bicyclic) bond motifs is 1. The highest BCUT2D eigenvalue weighted by molar-refractivity contribution is 5.82. The summed E-state index contributed by atoms with van der Waals surface area (Å²) in [5.74, 6) is -2.47. The van der Waals surface area contributed by atoms with Crippen LogP contribution in [0.2, 0.25) is 0 Å². The Morgan fingerprint density at radius 2 is 1.61 bits per heavy atom. The number of nitrogens with zero attached hydrogens (tertiary/aromatic N) is 3. The first-order valence-electron chi connectivity index (χ1n) is 9.86. The molecule has 14 heteroatoms. The van der Waals surface area contributed by atoms with E-state index in [1.54, 1.807) is 0 Å². The number of carbonyl (C=O) groups is 4. The summed E-state index contributed by atoms with van der Waals surface area (Å²) in [6.45, 7) is 4.32. The fourth-order valence-corrected chi connectivity index (χ4v) is 3.35. The molecule has 0 spiro atoms. The predicted octanol–water partition coefficient (Wildman–Crippen LogP) is -0.152. The first-order chi connectivity index (χ1) is 15.7. The Kier molecular flexibility index (Phi) is 7.37. The summed E-state index contributed by atoms with van der Waals surface area (Å²) in [6.07, 6.45) is -2.23. The van der Waals surface area contributed by atoms with E-state index in [2.05, 4.69) is 25.3 Å². The summed E-state index contributed by atoms with van der Waals surface area (Å²) in [4.78, 5) is 62.0. The van der Waals surface area contributed by atoms with Crippen molar-refractivity contribution < 1.29 is 42.9 Å². The summed E-state index contributed by atoms with van der Waals surface area (Å²) < 4.78 is 27.0. The molecule has 1 saturated heterocycles. The van der Waals surface area contributed by atoms with Gasteiger partial charge in [0.25, 0.3) is 0 Å². The monoisotopic (exact) mass is 465 g/mol. The maximum absolute atomic E-state index is 11.9. The molecule has 178 valence electrons. The van der Waals surface area contributed by atoms with Crippen molar-refractivity contribution in [3.63, 3.8) is 0 Å². The van der Waals surface area contributed by atoms with Crippen LogP contribution in [0.25, 0.3) is 11.2 Å². The molecule has 3 heterocycles. The zero-order chi connectivity index (χ0) is 24.1. The SMILES string of the molecule is CC(=O)OC[C@H]1O[C@@H](OC(C)=O)[C@@H](Nc2ncnc3nc[nH]c23)[C@@H](OC(C)=O)[C@@H]1OC(C)=O. The molecule has 0 aromatic carbocycles. The Hall–Kier alpha value is -3.81. The highest BCUT2D eigenvalue weighted by Gasteiger charge is 2.52. The van der Waals surface area contributed by atoms with E-state index in [1.807, 2.05) is 0 Å². The van der Waals surface area contributed by atoms with E-state index < -0.39 is 54.5 Å². The number of hydrogen-bond acceptors (Lipinski definition) is 13. The molecule has 2 aromatic rings. The first-order valence-corrected chi connectivity index (χ1v) is 9.86. The van der Waals surface area contributed by atoms with Crippen molar-refractivity contribution in [1.29, 1.82) is 0 Å². The largest absolute Gasteiger partial charge is 0.463 e. The van der Waals surface area contributed by atoms with Crippen molar-refractivity contribution in [1.82, 2.24) is 19.9 Å². The number of esters is 4.